The maximum atomic E-state index is 13.1. The molecule has 0 N–H and O–H groups in total. The first-order valence-electron chi connectivity index (χ1n) is 9.23. The van der Waals surface area contributed by atoms with Crippen LogP contribution in [0.1, 0.15) is 36.8 Å². The van der Waals surface area contributed by atoms with Gasteiger partial charge in [-0.2, -0.15) is 0 Å². The maximum Gasteiger partial charge on any atom is 0.293 e. The van der Waals surface area contributed by atoms with Crippen molar-refractivity contribution in [3.8, 4) is 17.1 Å². The van der Waals surface area contributed by atoms with Gasteiger partial charge in [0, 0.05) is 23.2 Å². The predicted molar refractivity (Wildman–Crippen MR) is 106 cm³/mol. The van der Waals surface area contributed by atoms with Gasteiger partial charge in [0.05, 0.1) is 5.69 Å². The van der Waals surface area contributed by atoms with Crippen molar-refractivity contribution in [2.75, 3.05) is 6.54 Å². The number of aromatic nitrogens is 3. The second kappa shape index (κ2) is 7.53. The van der Waals surface area contributed by atoms with E-state index in [1.165, 1.54) is 0 Å². The first-order chi connectivity index (χ1) is 13.1. The van der Waals surface area contributed by atoms with Crippen molar-refractivity contribution in [3.05, 3.63) is 65.4 Å². The fraction of sp³-hybridized carbons (Fsp3) is 0.286. The van der Waals surface area contributed by atoms with Gasteiger partial charge in [0.25, 0.3) is 5.91 Å². The standard InChI is InChI=1S/C21H21ClN4O/c1-15-7-5-6-14-25(15)21(27)19-23-20(16-8-3-2-4-9-16)26(24-19)18-12-10-17(22)11-13-18/h2-4,8-13,15H,5-7,14H2,1H3/t15-/m0/s1. The Balaban J connectivity index is 1.78. The van der Waals surface area contributed by atoms with Crippen LogP contribution in [0.2, 0.25) is 5.02 Å². The van der Waals surface area contributed by atoms with Gasteiger partial charge in [0.1, 0.15) is 0 Å². The van der Waals surface area contributed by atoms with Crippen molar-refractivity contribution in [3.63, 3.8) is 0 Å². The zero-order valence-electron chi connectivity index (χ0n) is 15.2. The van der Waals surface area contributed by atoms with Crippen LogP contribution in [0.4, 0.5) is 0 Å². The van der Waals surface area contributed by atoms with Crippen molar-refractivity contribution < 1.29 is 4.79 Å². The highest BCUT2D eigenvalue weighted by Crippen LogP contribution is 2.24. The van der Waals surface area contributed by atoms with Gasteiger partial charge in [0.2, 0.25) is 5.82 Å². The van der Waals surface area contributed by atoms with E-state index >= 15 is 0 Å². The molecule has 0 unspecified atom stereocenters. The summed E-state index contributed by atoms with van der Waals surface area (Å²) < 4.78 is 1.72. The number of amides is 1. The lowest BCUT2D eigenvalue weighted by molar-refractivity contribution is 0.0623. The number of benzene rings is 2. The number of piperidine rings is 1. The fourth-order valence-corrected chi connectivity index (χ4v) is 3.59. The SMILES string of the molecule is C[C@H]1CCCCN1C(=O)c1nc(-c2ccccc2)n(-c2ccc(Cl)cc2)n1. The highest BCUT2D eigenvalue weighted by atomic mass is 35.5. The number of hydrogen-bond donors (Lipinski definition) is 0. The molecule has 138 valence electrons. The molecule has 2 heterocycles. The highest BCUT2D eigenvalue weighted by Gasteiger charge is 2.28. The molecule has 2 aromatic carbocycles. The number of carbonyl (C=O) groups is 1. The van der Waals surface area contributed by atoms with E-state index in [-0.39, 0.29) is 17.8 Å². The van der Waals surface area contributed by atoms with Gasteiger partial charge in [0.15, 0.2) is 5.82 Å². The van der Waals surface area contributed by atoms with E-state index in [1.54, 1.807) is 4.68 Å². The van der Waals surface area contributed by atoms with Crippen LogP contribution in [0.3, 0.4) is 0 Å². The molecule has 0 spiro atoms. The Morgan fingerprint density at radius 1 is 1.07 bits per heavy atom. The summed E-state index contributed by atoms with van der Waals surface area (Å²) in [6, 6.07) is 17.4. The number of nitrogens with zero attached hydrogens (tertiary/aromatic N) is 4. The minimum absolute atomic E-state index is 0.105. The third kappa shape index (κ3) is 3.60. The van der Waals surface area contributed by atoms with Crippen LogP contribution >= 0.6 is 11.6 Å². The minimum atomic E-state index is -0.105. The Hall–Kier alpha value is -2.66. The Bertz CT molecular complexity index is 937. The molecule has 1 aromatic heterocycles. The van der Waals surface area contributed by atoms with E-state index in [4.69, 9.17) is 11.6 Å². The summed E-state index contributed by atoms with van der Waals surface area (Å²) in [4.78, 5) is 19.6. The molecule has 1 aliphatic heterocycles. The topological polar surface area (TPSA) is 51.0 Å². The highest BCUT2D eigenvalue weighted by molar-refractivity contribution is 6.30. The predicted octanol–water partition coefficient (Wildman–Crippen LogP) is 4.60. The van der Waals surface area contributed by atoms with Gasteiger partial charge in [-0.3, -0.25) is 4.79 Å². The van der Waals surface area contributed by atoms with Gasteiger partial charge >= 0.3 is 0 Å². The molecule has 1 saturated heterocycles. The smallest absolute Gasteiger partial charge is 0.293 e. The molecular formula is C21H21ClN4O. The molecule has 1 aliphatic rings. The summed E-state index contributed by atoms with van der Waals surface area (Å²) >= 11 is 6.02. The monoisotopic (exact) mass is 380 g/mol. The summed E-state index contributed by atoms with van der Waals surface area (Å²) in [7, 11) is 0. The van der Waals surface area contributed by atoms with Crippen LogP contribution in [0.5, 0.6) is 0 Å². The first kappa shape index (κ1) is 17.7. The number of rotatable bonds is 3. The molecule has 0 saturated carbocycles. The minimum Gasteiger partial charge on any atom is -0.333 e. The maximum absolute atomic E-state index is 13.1. The molecule has 0 bridgehead atoms. The number of hydrogen-bond acceptors (Lipinski definition) is 3. The van der Waals surface area contributed by atoms with Crippen molar-refractivity contribution in [2.24, 2.45) is 0 Å². The number of likely N-dealkylation sites (tertiary alicyclic amines) is 1. The van der Waals surface area contributed by atoms with E-state index in [0.29, 0.717) is 10.8 Å². The molecule has 27 heavy (non-hydrogen) atoms. The molecular weight excluding hydrogens is 360 g/mol. The average molecular weight is 381 g/mol. The lowest BCUT2D eigenvalue weighted by Crippen LogP contribution is -2.42. The molecule has 1 fully saturated rings. The van der Waals surface area contributed by atoms with Crippen molar-refractivity contribution >= 4 is 17.5 Å². The van der Waals surface area contributed by atoms with Crippen LogP contribution in [0.25, 0.3) is 17.1 Å². The quantitative estimate of drug-likeness (QED) is 0.667. The molecule has 6 heteroatoms. The molecule has 3 aromatic rings. The van der Waals surface area contributed by atoms with Crippen LogP contribution in [0, 0.1) is 0 Å². The Morgan fingerprint density at radius 2 is 1.81 bits per heavy atom. The summed E-state index contributed by atoms with van der Waals surface area (Å²) in [5.41, 5.74) is 1.72. The molecule has 1 atom stereocenters. The van der Waals surface area contributed by atoms with E-state index in [1.807, 2.05) is 59.5 Å². The van der Waals surface area contributed by atoms with Crippen LogP contribution in [-0.4, -0.2) is 38.2 Å². The Morgan fingerprint density at radius 3 is 2.52 bits per heavy atom. The Labute approximate surface area is 163 Å². The third-order valence-electron chi connectivity index (χ3n) is 4.97. The fourth-order valence-electron chi connectivity index (χ4n) is 3.47. The molecule has 5 nitrogen and oxygen atoms in total. The van der Waals surface area contributed by atoms with Crippen LogP contribution in [-0.2, 0) is 0 Å². The van der Waals surface area contributed by atoms with Crippen LogP contribution in [0.15, 0.2) is 54.6 Å². The van der Waals surface area contributed by atoms with E-state index in [9.17, 15) is 4.79 Å². The van der Waals surface area contributed by atoms with E-state index in [2.05, 4.69) is 17.0 Å². The van der Waals surface area contributed by atoms with Gasteiger partial charge in [-0.15, -0.1) is 5.10 Å². The summed E-state index contributed by atoms with van der Waals surface area (Å²) in [5.74, 6) is 0.774. The zero-order chi connectivity index (χ0) is 18.8. The van der Waals surface area contributed by atoms with Crippen molar-refractivity contribution in [2.45, 2.75) is 32.2 Å². The lowest BCUT2D eigenvalue weighted by atomic mass is 10.0. The van der Waals surface area contributed by atoms with Crippen molar-refractivity contribution in [1.82, 2.24) is 19.7 Å². The van der Waals surface area contributed by atoms with Gasteiger partial charge in [-0.05, 0) is 50.5 Å². The third-order valence-corrected chi connectivity index (χ3v) is 5.22. The molecule has 0 aliphatic carbocycles. The van der Waals surface area contributed by atoms with Gasteiger partial charge in [-0.25, -0.2) is 9.67 Å². The first-order valence-corrected chi connectivity index (χ1v) is 9.60. The van der Waals surface area contributed by atoms with Crippen molar-refractivity contribution in [1.29, 1.82) is 0 Å². The summed E-state index contributed by atoms with van der Waals surface area (Å²) in [6.07, 6.45) is 3.21. The normalized spacial score (nSPS) is 17.1. The summed E-state index contributed by atoms with van der Waals surface area (Å²) in [6.45, 7) is 2.85. The molecule has 0 radical (unpaired) electrons. The molecule has 1 amide bonds. The number of halogens is 1. The van der Waals surface area contributed by atoms with Gasteiger partial charge < -0.3 is 4.90 Å². The van der Waals surface area contributed by atoms with Crippen LogP contribution < -0.4 is 0 Å². The molecule has 4 rings (SSSR count). The largest absolute Gasteiger partial charge is 0.333 e. The van der Waals surface area contributed by atoms with Gasteiger partial charge in [-0.1, -0.05) is 41.9 Å². The summed E-state index contributed by atoms with van der Waals surface area (Å²) in [5, 5.41) is 5.22. The second-order valence-corrected chi connectivity index (χ2v) is 7.29. The second-order valence-electron chi connectivity index (χ2n) is 6.86. The van der Waals surface area contributed by atoms with E-state index in [0.717, 1.165) is 37.1 Å². The number of carbonyl (C=O) groups excluding carboxylic acids is 1. The average Bonchev–Trinajstić information content (AvgIpc) is 3.14. The Kier molecular flexibility index (Phi) is 4.94. The zero-order valence-corrected chi connectivity index (χ0v) is 15.9. The van der Waals surface area contributed by atoms with E-state index < -0.39 is 0 Å². The lowest BCUT2D eigenvalue weighted by Gasteiger charge is -2.32.